The molecule has 2 atom stereocenters. The maximum absolute atomic E-state index is 10.8. The molecular formula is C13H15NO2S. The molecule has 2 unspecified atom stereocenters. The predicted molar refractivity (Wildman–Crippen MR) is 68.6 cm³/mol. The van der Waals surface area contributed by atoms with E-state index in [0.717, 1.165) is 25.1 Å². The van der Waals surface area contributed by atoms with Gasteiger partial charge in [0.2, 0.25) is 0 Å². The number of benzene rings is 1. The van der Waals surface area contributed by atoms with Crippen molar-refractivity contribution in [2.45, 2.75) is 17.7 Å². The smallest absolute Gasteiger partial charge is 0.306 e. The molecule has 3 rings (SSSR count). The zero-order valence-corrected chi connectivity index (χ0v) is 10.3. The van der Waals surface area contributed by atoms with Crippen LogP contribution in [0.4, 0.5) is 5.69 Å². The number of fused-ring (bicyclic) bond motifs is 1. The SMILES string of the molecule is O=C(O)C1CC1Cc1ccc2c(c1)SCCN2. The molecule has 1 fully saturated rings. The summed E-state index contributed by atoms with van der Waals surface area (Å²) in [5.74, 6) is 0.727. The Hall–Kier alpha value is -1.16. The molecule has 0 radical (unpaired) electrons. The van der Waals surface area contributed by atoms with Gasteiger partial charge in [0.05, 0.1) is 5.92 Å². The summed E-state index contributed by atoms with van der Waals surface area (Å²) >= 11 is 1.88. The van der Waals surface area contributed by atoms with Crippen LogP contribution < -0.4 is 5.32 Å². The summed E-state index contributed by atoms with van der Waals surface area (Å²) in [6.45, 7) is 1.03. The normalized spacial score (nSPS) is 25.9. The quantitative estimate of drug-likeness (QED) is 0.864. The van der Waals surface area contributed by atoms with Crippen molar-refractivity contribution in [2.75, 3.05) is 17.6 Å². The van der Waals surface area contributed by atoms with Crippen molar-refractivity contribution in [1.82, 2.24) is 0 Å². The van der Waals surface area contributed by atoms with Gasteiger partial charge in [0, 0.05) is 22.9 Å². The molecule has 0 saturated heterocycles. The van der Waals surface area contributed by atoms with Crippen LogP contribution >= 0.6 is 11.8 Å². The molecule has 1 aromatic rings. The van der Waals surface area contributed by atoms with Gasteiger partial charge in [0.15, 0.2) is 0 Å². The van der Waals surface area contributed by atoms with Crippen LogP contribution in [0.5, 0.6) is 0 Å². The first-order chi connectivity index (χ1) is 8.24. The maximum Gasteiger partial charge on any atom is 0.306 e. The molecular weight excluding hydrogens is 234 g/mol. The van der Waals surface area contributed by atoms with Crippen molar-refractivity contribution in [2.24, 2.45) is 11.8 Å². The van der Waals surface area contributed by atoms with Gasteiger partial charge in [-0.15, -0.1) is 11.8 Å². The molecule has 1 aliphatic carbocycles. The lowest BCUT2D eigenvalue weighted by molar-refractivity contribution is -0.138. The predicted octanol–water partition coefficient (Wildman–Crippen LogP) is 2.47. The van der Waals surface area contributed by atoms with E-state index in [1.54, 1.807) is 0 Å². The molecule has 0 bridgehead atoms. The summed E-state index contributed by atoms with van der Waals surface area (Å²) in [4.78, 5) is 12.1. The summed E-state index contributed by atoms with van der Waals surface area (Å²) in [5, 5.41) is 12.3. The van der Waals surface area contributed by atoms with Gasteiger partial charge in [-0.05, 0) is 36.5 Å². The molecule has 4 heteroatoms. The number of hydrogen-bond acceptors (Lipinski definition) is 3. The number of carbonyl (C=O) groups is 1. The number of anilines is 1. The van der Waals surface area contributed by atoms with Crippen molar-refractivity contribution in [3.05, 3.63) is 23.8 Å². The van der Waals surface area contributed by atoms with Crippen LogP contribution in [-0.2, 0) is 11.2 Å². The first kappa shape index (κ1) is 11.0. The molecule has 1 heterocycles. The van der Waals surface area contributed by atoms with Crippen LogP contribution in [0.3, 0.4) is 0 Å². The number of carboxylic acids is 1. The van der Waals surface area contributed by atoms with Gasteiger partial charge in [-0.3, -0.25) is 4.79 Å². The molecule has 0 amide bonds. The van der Waals surface area contributed by atoms with E-state index >= 15 is 0 Å². The molecule has 0 aromatic heterocycles. The van der Waals surface area contributed by atoms with E-state index in [1.807, 2.05) is 11.8 Å². The summed E-state index contributed by atoms with van der Waals surface area (Å²) < 4.78 is 0. The van der Waals surface area contributed by atoms with E-state index in [4.69, 9.17) is 5.11 Å². The molecule has 3 nitrogen and oxygen atoms in total. The second-order valence-corrected chi connectivity index (χ2v) is 5.89. The zero-order chi connectivity index (χ0) is 11.8. The highest BCUT2D eigenvalue weighted by Gasteiger charge is 2.42. The van der Waals surface area contributed by atoms with Crippen LogP contribution in [0.25, 0.3) is 0 Å². The number of carboxylic acid groups (broad SMARTS) is 1. The number of aliphatic carboxylic acids is 1. The van der Waals surface area contributed by atoms with E-state index in [-0.39, 0.29) is 5.92 Å². The third kappa shape index (κ3) is 2.27. The molecule has 1 aliphatic heterocycles. The number of rotatable bonds is 3. The van der Waals surface area contributed by atoms with Crippen LogP contribution in [0.15, 0.2) is 23.1 Å². The molecule has 1 saturated carbocycles. The molecule has 17 heavy (non-hydrogen) atoms. The van der Waals surface area contributed by atoms with E-state index in [2.05, 4.69) is 23.5 Å². The van der Waals surface area contributed by atoms with E-state index in [1.165, 1.54) is 16.1 Å². The van der Waals surface area contributed by atoms with E-state index < -0.39 is 5.97 Å². The topological polar surface area (TPSA) is 49.3 Å². The monoisotopic (exact) mass is 249 g/mol. The maximum atomic E-state index is 10.8. The highest BCUT2D eigenvalue weighted by atomic mass is 32.2. The van der Waals surface area contributed by atoms with Gasteiger partial charge in [0.1, 0.15) is 0 Å². The minimum atomic E-state index is -0.635. The lowest BCUT2D eigenvalue weighted by atomic mass is 10.1. The highest BCUT2D eigenvalue weighted by molar-refractivity contribution is 7.99. The third-order valence-corrected chi connectivity index (χ3v) is 4.52. The number of thioether (sulfide) groups is 1. The Balaban J connectivity index is 1.70. The van der Waals surface area contributed by atoms with Gasteiger partial charge in [-0.2, -0.15) is 0 Å². The number of hydrogen-bond donors (Lipinski definition) is 2. The van der Waals surface area contributed by atoms with Crippen LogP contribution in [-0.4, -0.2) is 23.4 Å². The standard InChI is InChI=1S/C13H15NO2S/c15-13(16)10-7-9(10)5-8-1-2-11-12(6-8)17-4-3-14-11/h1-2,6,9-10,14H,3-5,7H2,(H,15,16). The Morgan fingerprint density at radius 1 is 1.53 bits per heavy atom. The second kappa shape index (κ2) is 4.26. The average molecular weight is 249 g/mol. The summed E-state index contributed by atoms with van der Waals surface area (Å²) in [6.07, 6.45) is 1.75. The van der Waals surface area contributed by atoms with Crippen LogP contribution in [0.2, 0.25) is 0 Å². The van der Waals surface area contributed by atoms with Crippen molar-refractivity contribution < 1.29 is 9.90 Å². The minimum Gasteiger partial charge on any atom is -0.481 e. The molecule has 2 aliphatic rings. The average Bonchev–Trinajstić information content (AvgIpc) is 3.08. The van der Waals surface area contributed by atoms with Gasteiger partial charge < -0.3 is 10.4 Å². The van der Waals surface area contributed by atoms with Crippen LogP contribution in [0.1, 0.15) is 12.0 Å². The largest absolute Gasteiger partial charge is 0.481 e. The summed E-state index contributed by atoms with van der Waals surface area (Å²) in [5.41, 5.74) is 2.49. The van der Waals surface area contributed by atoms with Crippen molar-refractivity contribution in [1.29, 1.82) is 0 Å². The Kier molecular flexibility index (Phi) is 2.74. The first-order valence-electron chi connectivity index (χ1n) is 5.96. The third-order valence-electron chi connectivity index (χ3n) is 3.46. The van der Waals surface area contributed by atoms with Gasteiger partial charge in [-0.25, -0.2) is 0 Å². The number of nitrogens with one attached hydrogen (secondary N) is 1. The van der Waals surface area contributed by atoms with Gasteiger partial charge in [-0.1, -0.05) is 6.07 Å². The van der Waals surface area contributed by atoms with Crippen molar-refractivity contribution >= 4 is 23.4 Å². The van der Waals surface area contributed by atoms with E-state index in [0.29, 0.717) is 5.92 Å². The fraction of sp³-hybridized carbons (Fsp3) is 0.462. The fourth-order valence-corrected chi connectivity index (χ4v) is 3.34. The molecule has 90 valence electrons. The zero-order valence-electron chi connectivity index (χ0n) is 9.48. The van der Waals surface area contributed by atoms with Gasteiger partial charge in [0.25, 0.3) is 0 Å². The Morgan fingerprint density at radius 2 is 2.41 bits per heavy atom. The minimum absolute atomic E-state index is 0.100. The molecule has 0 spiro atoms. The molecule has 2 N–H and O–H groups in total. The Morgan fingerprint density at radius 3 is 3.18 bits per heavy atom. The Labute approximate surface area is 105 Å². The van der Waals surface area contributed by atoms with Crippen molar-refractivity contribution in [3.63, 3.8) is 0 Å². The fourth-order valence-electron chi connectivity index (χ4n) is 2.38. The summed E-state index contributed by atoms with van der Waals surface area (Å²) in [7, 11) is 0. The lowest BCUT2D eigenvalue weighted by Gasteiger charge is -2.18. The van der Waals surface area contributed by atoms with Gasteiger partial charge >= 0.3 is 5.97 Å². The second-order valence-electron chi connectivity index (χ2n) is 4.75. The summed E-state index contributed by atoms with van der Waals surface area (Å²) in [6, 6.07) is 6.45. The highest BCUT2D eigenvalue weighted by Crippen LogP contribution is 2.42. The Bertz CT molecular complexity index is 461. The van der Waals surface area contributed by atoms with E-state index in [9.17, 15) is 4.79 Å². The van der Waals surface area contributed by atoms with Crippen molar-refractivity contribution in [3.8, 4) is 0 Å². The lowest BCUT2D eigenvalue weighted by Crippen LogP contribution is -2.10. The first-order valence-corrected chi connectivity index (χ1v) is 6.95. The molecule has 1 aromatic carbocycles. The van der Waals surface area contributed by atoms with Crippen LogP contribution in [0, 0.1) is 11.8 Å².